The molecule has 0 aromatic rings. The normalized spacial score (nSPS) is 14.2. The molecule has 0 bridgehead atoms. The number of carboxylic acid groups (broad SMARTS) is 1. The molecule has 0 rings (SSSR count). The summed E-state index contributed by atoms with van der Waals surface area (Å²) in [5.41, 5.74) is 2.30. The Kier molecular flexibility index (Phi) is 9.10. The maximum atomic E-state index is 12.0. The molecule has 0 aliphatic heterocycles. The summed E-state index contributed by atoms with van der Waals surface area (Å²) in [7, 11) is 1.36. The standard InChI is InChI=1S/C17H26O4/c1-6-12(3)13(4)15(17(20)21-5)11-14(7-2)9-8-10-16(18)19/h6,11,14H,1,7-10H2,2-5H3,(H,18,19). The molecule has 21 heavy (non-hydrogen) atoms. The van der Waals surface area contributed by atoms with Gasteiger partial charge in [0.15, 0.2) is 0 Å². The molecular formula is C17H26O4. The van der Waals surface area contributed by atoms with Crippen molar-refractivity contribution in [3.8, 4) is 0 Å². The molecule has 1 atom stereocenters. The predicted molar refractivity (Wildman–Crippen MR) is 83.9 cm³/mol. The summed E-state index contributed by atoms with van der Waals surface area (Å²) >= 11 is 0. The van der Waals surface area contributed by atoms with Gasteiger partial charge in [0.25, 0.3) is 0 Å². The van der Waals surface area contributed by atoms with Gasteiger partial charge in [-0.1, -0.05) is 25.7 Å². The summed E-state index contributed by atoms with van der Waals surface area (Å²) in [6.07, 6.45) is 5.94. The minimum Gasteiger partial charge on any atom is -0.481 e. The fourth-order valence-corrected chi connectivity index (χ4v) is 1.98. The summed E-state index contributed by atoms with van der Waals surface area (Å²) in [4.78, 5) is 22.5. The van der Waals surface area contributed by atoms with Gasteiger partial charge in [-0.15, -0.1) is 0 Å². The van der Waals surface area contributed by atoms with Crippen molar-refractivity contribution < 1.29 is 19.4 Å². The van der Waals surface area contributed by atoms with Crippen LogP contribution in [0, 0.1) is 5.92 Å². The van der Waals surface area contributed by atoms with E-state index in [1.165, 1.54) is 7.11 Å². The fourth-order valence-electron chi connectivity index (χ4n) is 1.98. The van der Waals surface area contributed by atoms with Crippen LogP contribution in [0.3, 0.4) is 0 Å². The molecule has 118 valence electrons. The lowest BCUT2D eigenvalue weighted by molar-refractivity contribution is -0.137. The second-order valence-electron chi connectivity index (χ2n) is 5.04. The van der Waals surface area contributed by atoms with Crippen molar-refractivity contribution in [3.63, 3.8) is 0 Å². The van der Waals surface area contributed by atoms with Gasteiger partial charge in [0.1, 0.15) is 0 Å². The summed E-state index contributed by atoms with van der Waals surface area (Å²) < 4.78 is 4.85. The maximum Gasteiger partial charge on any atom is 0.337 e. The molecule has 4 nitrogen and oxygen atoms in total. The van der Waals surface area contributed by atoms with Gasteiger partial charge in [-0.05, 0) is 50.2 Å². The van der Waals surface area contributed by atoms with Crippen LogP contribution in [0.5, 0.6) is 0 Å². The summed E-state index contributed by atoms with van der Waals surface area (Å²) in [6, 6.07) is 0. The van der Waals surface area contributed by atoms with E-state index in [9.17, 15) is 9.59 Å². The highest BCUT2D eigenvalue weighted by atomic mass is 16.5. The zero-order chi connectivity index (χ0) is 16.4. The number of carbonyl (C=O) groups excluding carboxylic acids is 1. The van der Waals surface area contributed by atoms with E-state index in [-0.39, 0.29) is 18.3 Å². The third-order valence-corrected chi connectivity index (χ3v) is 3.60. The van der Waals surface area contributed by atoms with Gasteiger partial charge in [0.2, 0.25) is 0 Å². The van der Waals surface area contributed by atoms with Crippen molar-refractivity contribution in [2.24, 2.45) is 5.92 Å². The van der Waals surface area contributed by atoms with Crippen LogP contribution in [0.2, 0.25) is 0 Å². The number of carboxylic acids is 1. The number of ether oxygens (including phenoxy) is 1. The Morgan fingerprint density at radius 3 is 2.38 bits per heavy atom. The lowest BCUT2D eigenvalue weighted by atomic mass is 9.92. The molecule has 4 heteroatoms. The first-order valence-corrected chi connectivity index (χ1v) is 7.19. The molecule has 0 aromatic carbocycles. The number of allylic oxidation sites excluding steroid dienone is 3. The molecule has 0 spiro atoms. The SMILES string of the molecule is C=CC(C)=C(C)C(=CC(CC)CCCC(=O)O)C(=O)OC. The van der Waals surface area contributed by atoms with Gasteiger partial charge >= 0.3 is 11.9 Å². The van der Waals surface area contributed by atoms with Gasteiger partial charge in [-0.2, -0.15) is 0 Å². The molecule has 0 heterocycles. The molecule has 1 N–H and O–H groups in total. The smallest absolute Gasteiger partial charge is 0.337 e. The van der Waals surface area contributed by atoms with Gasteiger partial charge in [-0.3, -0.25) is 4.79 Å². The van der Waals surface area contributed by atoms with Gasteiger partial charge in [0.05, 0.1) is 12.7 Å². The zero-order valence-electron chi connectivity index (χ0n) is 13.4. The topological polar surface area (TPSA) is 63.6 Å². The van der Waals surface area contributed by atoms with Crippen LogP contribution >= 0.6 is 0 Å². The minimum atomic E-state index is -0.791. The van der Waals surface area contributed by atoms with E-state index in [2.05, 4.69) is 6.58 Å². The summed E-state index contributed by atoms with van der Waals surface area (Å²) in [5.74, 6) is -1.00. The first-order chi connectivity index (χ1) is 9.87. The molecule has 1 unspecified atom stereocenters. The van der Waals surface area contributed by atoms with E-state index >= 15 is 0 Å². The molecule has 0 saturated heterocycles. The number of rotatable bonds is 9. The molecule has 0 fully saturated rings. The van der Waals surface area contributed by atoms with Gasteiger partial charge in [-0.25, -0.2) is 4.79 Å². The zero-order valence-corrected chi connectivity index (χ0v) is 13.4. The van der Waals surface area contributed by atoms with E-state index < -0.39 is 5.97 Å². The van der Waals surface area contributed by atoms with Crippen LogP contribution in [0.1, 0.15) is 46.5 Å². The van der Waals surface area contributed by atoms with Gasteiger partial charge in [0, 0.05) is 6.42 Å². The Bertz CT molecular complexity index is 444. The van der Waals surface area contributed by atoms with Gasteiger partial charge < -0.3 is 9.84 Å². The minimum absolute atomic E-state index is 0.151. The lowest BCUT2D eigenvalue weighted by Crippen LogP contribution is -2.10. The number of hydrogen-bond donors (Lipinski definition) is 1. The highest BCUT2D eigenvalue weighted by molar-refractivity contribution is 5.93. The number of hydrogen-bond acceptors (Lipinski definition) is 3. The first-order valence-electron chi connectivity index (χ1n) is 7.19. The Balaban J connectivity index is 5.24. The van der Waals surface area contributed by atoms with Crippen molar-refractivity contribution in [1.82, 2.24) is 0 Å². The van der Waals surface area contributed by atoms with Crippen molar-refractivity contribution in [1.29, 1.82) is 0 Å². The Morgan fingerprint density at radius 1 is 1.33 bits per heavy atom. The van der Waals surface area contributed by atoms with Crippen molar-refractivity contribution in [2.75, 3.05) is 7.11 Å². The van der Waals surface area contributed by atoms with Crippen LogP contribution in [-0.4, -0.2) is 24.2 Å². The highest BCUT2D eigenvalue weighted by Gasteiger charge is 2.16. The summed E-state index contributed by atoms with van der Waals surface area (Å²) in [6.45, 7) is 9.50. The van der Waals surface area contributed by atoms with E-state index in [1.807, 2.05) is 26.8 Å². The van der Waals surface area contributed by atoms with E-state index in [0.29, 0.717) is 12.0 Å². The average molecular weight is 294 g/mol. The highest BCUT2D eigenvalue weighted by Crippen LogP contribution is 2.23. The molecular weight excluding hydrogens is 268 g/mol. The average Bonchev–Trinajstić information content (AvgIpc) is 2.47. The van der Waals surface area contributed by atoms with Crippen LogP contribution in [0.4, 0.5) is 0 Å². The number of esters is 1. The molecule has 0 amide bonds. The summed E-state index contributed by atoms with van der Waals surface area (Å²) in [5, 5.41) is 8.69. The second kappa shape index (κ2) is 9.97. The molecule has 0 aliphatic rings. The third kappa shape index (κ3) is 6.93. The van der Waals surface area contributed by atoms with Crippen molar-refractivity contribution >= 4 is 11.9 Å². The fraction of sp³-hybridized carbons (Fsp3) is 0.529. The van der Waals surface area contributed by atoms with Crippen molar-refractivity contribution in [2.45, 2.75) is 46.5 Å². The molecule has 0 saturated carbocycles. The molecule has 0 aromatic heterocycles. The monoisotopic (exact) mass is 294 g/mol. The third-order valence-electron chi connectivity index (χ3n) is 3.60. The maximum absolute atomic E-state index is 12.0. The van der Waals surface area contributed by atoms with E-state index in [4.69, 9.17) is 9.84 Å². The number of carbonyl (C=O) groups is 2. The van der Waals surface area contributed by atoms with Crippen LogP contribution in [-0.2, 0) is 14.3 Å². The van der Waals surface area contributed by atoms with Crippen molar-refractivity contribution in [3.05, 3.63) is 35.5 Å². The quantitative estimate of drug-likeness (QED) is 0.398. The van der Waals surface area contributed by atoms with Crippen LogP contribution in [0.25, 0.3) is 0 Å². The van der Waals surface area contributed by atoms with Crippen LogP contribution in [0.15, 0.2) is 35.5 Å². The number of methoxy groups -OCH3 is 1. The first kappa shape index (κ1) is 19.2. The Hall–Kier alpha value is -1.84. The molecule has 0 aliphatic carbocycles. The van der Waals surface area contributed by atoms with E-state index in [0.717, 1.165) is 24.0 Å². The van der Waals surface area contributed by atoms with Crippen LogP contribution < -0.4 is 0 Å². The van der Waals surface area contributed by atoms with E-state index in [1.54, 1.807) is 6.08 Å². The predicted octanol–water partition coefficient (Wildman–Crippen LogP) is 3.89. The number of aliphatic carboxylic acids is 1. The second-order valence-corrected chi connectivity index (χ2v) is 5.04. The molecule has 0 radical (unpaired) electrons. The lowest BCUT2D eigenvalue weighted by Gasteiger charge is -2.14. The Labute approximate surface area is 127 Å². The Morgan fingerprint density at radius 2 is 1.95 bits per heavy atom. The largest absolute Gasteiger partial charge is 0.481 e.